The van der Waals surface area contributed by atoms with E-state index in [1.54, 1.807) is 18.4 Å². The first kappa shape index (κ1) is 22.0. The van der Waals surface area contributed by atoms with Crippen molar-refractivity contribution in [1.82, 2.24) is 0 Å². The van der Waals surface area contributed by atoms with Crippen molar-refractivity contribution in [3.05, 3.63) is 94.2 Å². The molecule has 2 aromatic carbocycles. The Morgan fingerprint density at radius 2 is 1.70 bits per heavy atom. The van der Waals surface area contributed by atoms with E-state index in [9.17, 15) is 4.79 Å². The third-order valence-corrected chi connectivity index (χ3v) is 6.42. The van der Waals surface area contributed by atoms with Gasteiger partial charge in [0.25, 0.3) is 0 Å². The highest BCUT2D eigenvalue weighted by molar-refractivity contribution is 7.08. The lowest BCUT2D eigenvalue weighted by atomic mass is 9.71. The molecule has 156 valence electrons. The molecule has 1 heterocycles. The summed E-state index contributed by atoms with van der Waals surface area (Å²) in [6, 6.07) is 22.6. The zero-order chi connectivity index (χ0) is 21.3. The van der Waals surface area contributed by atoms with Crippen LogP contribution in [-0.4, -0.2) is 25.8 Å². The van der Waals surface area contributed by atoms with Gasteiger partial charge in [-0.2, -0.15) is 11.3 Å². The number of thiophene rings is 1. The van der Waals surface area contributed by atoms with Gasteiger partial charge in [-0.05, 0) is 45.9 Å². The molecule has 3 aromatic rings. The lowest BCUT2D eigenvalue weighted by Crippen LogP contribution is -2.36. The summed E-state index contributed by atoms with van der Waals surface area (Å²) in [5.41, 5.74) is 4.20. The Labute approximate surface area is 183 Å². The van der Waals surface area contributed by atoms with Gasteiger partial charge in [0.2, 0.25) is 0 Å². The molecule has 0 aliphatic heterocycles. The molecule has 0 amide bonds. The Balaban J connectivity index is 2.09. The van der Waals surface area contributed by atoms with E-state index in [0.717, 1.165) is 24.1 Å². The monoisotopic (exact) mass is 419 g/mol. The third kappa shape index (κ3) is 5.06. The number of esters is 1. The Kier molecular flexibility index (Phi) is 7.97. The smallest absolute Gasteiger partial charge is 0.315 e. The predicted molar refractivity (Wildman–Crippen MR) is 125 cm³/mol. The highest BCUT2D eigenvalue weighted by Crippen LogP contribution is 2.40. The minimum Gasteiger partial charge on any atom is -0.468 e. The van der Waals surface area contributed by atoms with E-state index < -0.39 is 5.92 Å². The van der Waals surface area contributed by atoms with Gasteiger partial charge in [0, 0.05) is 13.0 Å². The molecule has 0 aliphatic rings. The van der Waals surface area contributed by atoms with E-state index in [4.69, 9.17) is 4.74 Å². The normalized spacial score (nSPS) is 14.7. The van der Waals surface area contributed by atoms with Crippen molar-refractivity contribution in [2.24, 2.45) is 16.8 Å². The highest BCUT2D eigenvalue weighted by atomic mass is 32.1. The lowest BCUT2D eigenvalue weighted by Gasteiger charge is -2.33. The Morgan fingerprint density at radius 3 is 2.23 bits per heavy atom. The zero-order valence-electron chi connectivity index (χ0n) is 17.8. The third-order valence-electron chi connectivity index (χ3n) is 5.72. The van der Waals surface area contributed by atoms with Crippen LogP contribution in [0.25, 0.3) is 0 Å². The molecule has 0 saturated heterocycles. The largest absolute Gasteiger partial charge is 0.468 e. The van der Waals surface area contributed by atoms with E-state index in [1.807, 2.05) is 36.4 Å². The molecular weight excluding hydrogens is 390 g/mol. The molecule has 0 saturated carbocycles. The molecule has 3 nitrogen and oxygen atoms in total. The fraction of sp³-hybridized carbons (Fsp3) is 0.308. The molecule has 4 heteroatoms. The fourth-order valence-electron chi connectivity index (χ4n) is 4.26. The molecule has 0 aliphatic carbocycles. The van der Waals surface area contributed by atoms with Crippen LogP contribution >= 0.6 is 11.3 Å². The van der Waals surface area contributed by atoms with E-state index in [1.165, 1.54) is 18.2 Å². The quantitative estimate of drug-likeness (QED) is 0.315. The summed E-state index contributed by atoms with van der Waals surface area (Å²) in [6.45, 7) is 2.20. The second kappa shape index (κ2) is 10.9. The van der Waals surface area contributed by atoms with Gasteiger partial charge in [-0.15, -0.1) is 0 Å². The summed E-state index contributed by atoms with van der Waals surface area (Å²) >= 11 is 1.66. The zero-order valence-corrected chi connectivity index (χ0v) is 18.6. The topological polar surface area (TPSA) is 38.7 Å². The average Bonchev–Trinajstić information content (AvgIpc) is 3.33. The second-order valence-electron chi connectivity index (χ2n) is 7.42. The molecule has 30 heavy (non-hydrogen) atoms. The summed E-state index contributed by atoms with van der Waals surface area (Å²) in [4.78, 5) is 17.8. The van der Waals surface area contributed by atoms with Crippen molar-refractivity contribution in [3.8, 4) is 0 Å². The number of benzene rings is 2. The molecule has 0 bridgehead atoms. The molecule has 3 rings (SSSR count). The minimum absolute atomic E-state index is 0.0205. The number of hydrogen-bond donors (Lipinski definition) is 0. The molecule has 3 unspecified atom stereocenters. The number of nitrogens with zero attached hydrogens (tertiary/aromatic N) is 1. The fourth-order valence-corrected chi connectivity index (χ4v) is 4.96. The number of carbonyl (C=O) groups is 1. The standard InChI is InChI=1S/C26H29NO2S/c1-4-20(17-19-11-7-5-8-12-19)23(22-15-16-30-18-22)24(26(28)29-3)25(27-2)21-13-9-6-10-14-21/h5-16,18,20,23-24H,4,17H2,1-3H3. The van der Waals surface area contributed by atoms with Crippen LogP contribution < -0.4 is 0 Å². The van der Waals surface area contributed by atoms with Crippen LogP contribution in [0.1, 0.15) is 36.0 Å². The van der Waals surface area contributed by atoms with Crippen LogP contribution in [0.3, 0.4) is 0 Å². The number of methoxy groups -OCH3 is 1. The first-order valence-electron chi connectivity index (χ1n) is 10.4. The summed E-state index contributed by atoms with van der Waals surface area (Å²) in [7, 11) is 3.23. The van der Waals surface area contributed by atoms with Gasteiger partial charge < -0.3 is 4.74 Å². The van der Waals surface area contributed by atoms with Gasteiger partial charge in [0.05, 0.1) is 12.8 Å². The van der Waals surface area contributed by atoms with Crippen molar-refractivity contribution in [2.75, 3.05) is 14.2 Å². The molecular formula is C26H29NO2S. The summed E-state index contributed by atoms with van der Waals surface area (Å²) < 4.78 is 5.32. The van der Waals surface area contributed by atoms with Gasteiger partial charge in [-0.3, -0.25) is 9.79 Å². The molecule has 3 atom stereocenters. The van der Waals surface area contributed by atoms with Gasteiger partial charge in [0.1, 0.15) is 5.92 Å². The number of hydrogen-bond acceptors (Lipinski definition) is 4. The van der Waals surface area contributed by atoms with Crippen LogP contribution in [0.5, 0.6) is 0 Å². The maximum atomic E-state index is 13.2. The summed E-state index contributed by atoms with van der Waals surface area (Å²) in [6.07, 6.45) is 1.85. The molecule has 0 fully saturated rings. The molecule has 0 N–H and O–H groups in total. The Morgan fingerprint density at radius 1 is 1.03 bits per heavy atom. The minimum atomic E-state index is -0.467. The maximum absolute atomic E-state index is 13.2. The van der Waals surface area contributed by atoms with Crippen LogP contribution in [0.15, 0.2) is 82.5 Å². The summed E-state index contributed by atoms with van der Waals surface area (Å²) in [5, 5.41) is 4.24. The van der Waals surface area contributed by atoms with E-state index in [2.05, 4.69) is 53.0 Å². The van der Waals surface area contributed by atoms with Crippen molar-refractivity contribution >= 4 is 23.0 Å². The first-order chi connectivity index (χ1) is 14.7. The summed E-state index contributed by atoms with van der Waals surface area (Å²) in [5.74, 6) is -0.452. The molecule has 0 spiro atoms. The van der Waals surface area contributed by atoms with Crippen LogP contribution in [0.4, 0.5) is 0 Å². The number of carbonyl (C=O) groups excluding carboxylic acids is 1. The van der Waals surface area contributed by atoms with Crippen LogP contribution in [0, 0.1) is 11.8 Å². The van der Waals surface area contributed by atoms with E-state index in [0.29, 0.717) is 0 Å². The van der Waals surface area contributed by atoms with Crippen molar-refractivity contribution in [1.29, 1.82) is 0 Å². The van der Waals surface area contributed by atoms with Crippen molar-refractivity contribution in [2.45, 2.75) is 25.7 Å². The van der Waals surface area contributed by atoms with Gasteiger partial charge in [0.15, 0.2) is 0 Å². The average molecular weight is 420 g/mol. The number of aliphatic imine (C=N–C) groups is 1. The van der Waals surface area contributed by atoms with Crippen molar-refractivity contribution in [3.63, 3.8) is 0 Å². The first-order valence-corrected chi connectivity index (χ1v) is 11.3. The maximum Gasteiger partial charge on any atom is 0.315 e. The van der Waals surface area contributed by atoms with Crippen LogP contribution in [0.2, 0.25) is 0 Å². The van der Waals surface area contributed by atoms with Gasteiger partial charge in [-0.1, -0.05) is 74.0 Å². The highest BCUT2D eigenvalue weighted by Gasteiger charge is 2.39. The molecule has 0 radical (unpaired) electrons. The van der Waals surface area contributed by atoms with Crippen LogP contribution in [-0.2, 0) is 16.0 Å². The second-order valence-corrected chi connectivity index (χ2v) is 8.20. The number of ether oxygens (including phenoxy) is 1. The lowest BCUT2D eigenvalue weighted by molar-refractivity contribution is -0.144. The number of rotatable bonds is 9. The van der Waals surface area contributed by atoms with E-state index in [-0.39, 0.29) is 17.8 Å². The van der Waals surface area contributed by atoms with Gasteiger partial charge in [-0.25, -0.2) is 0 Å². The van der Waals surface area contributed by atoms with E-state index >= 15 is 0 Å². The SMILES string of the molecule is CCC(Cc1ccccc1)C(c1ccsc1)C(C(=O)OC)C(=NC)c1ccccc1. The van der Waals surface area contributed by atoms with Crippen molar-refractivity contribution < 1.29 is 9.53 Å². The predicted octanol–water partition coefficient (Wildman–Crippen LogP) is 6.01. The van der Waals surface area contributed by atoms with Gasteiger partial charge >= 0.3 is 5.97 Å². The Bertz CT molecular complexity index is 936. The molecule has 1 aromatic heterocycles. The Hall–Kier alpha value is -2.72.